The highest BCUT2D eigenvalue weighted by Gasteiger charge is 2.30. The standard InChI is InChI=1S/C18H21F3N6/c1-22-16(25-13-14-3-5-15(6-4-14)18(19,20)21)26-9-11-27(12-10-26)17-23-7-2-8-24-17/h2-8H,9-13H2,1H3,(H,22,25). The van der Waals surface area contributed by atoms with Crippen LogP contribution in [-0.4, -0.2) is 54.1 Å². The molecule has 3 rings (SSSR count). The van der Waals surface area contributed by atoms with Crippen LogP contribution in [0.5, 0.6) is 0 Å². The van der Waals surface area contributed by atoms with E-state index in [4.69, 9.17) is 0 Å². The third-order valence-electron chi connectivity index (χ3n) is 4.36. The molecule has 1 N–H and O–H groups in total. The number of halogens is 3. The van der Waals surface area contributed by atoms with Crippen LogP contribution in [0.3, 0.4) is 0 Å². The van der Waals surface area contributed by atoms with Gasteiger partial charge >= 0.3 is 6.18 Å². The fourth-order valence-electron chi connectivity index (χ4n) is 2.90. The smallest absolute Gasteiger partial charge is 0.352 e. The fraction of sp³-hybridized carbons (Fsp3) is 0.389. The lowest BCUT2D eigenvalue weighted by Crippen LogP contribution is -2.52. The second-order valence-corrected chi connectivity index (χ2v) is 6.12. The van der Waals surface area contributed by atoms with Gasteiger partial charge < -0.3 is 15.1 Å². The molecule has 1 aliphatic heterocycles. The van der Waals surface area contributed by atoms with Crippen LogP contribution in [0.1, 0.15) is 11.1 Å². The Morgan fingerprint density at radius 1 is 1.07 bits per heavy atom. The highest BCUT2D eigenvalue weighted by Crippen LogP contribution is 2.29. The Hall–Kier alpha value is -2.84. The summed E-state index contributed by atoms with van der Waals surface area (Å²) in [6.07, 6.45) is -0.872. The Labute approximate surface area is 155 Å². The minimum Gasteiger partial charge on any atom is -0.352 e. The summed E-state index contributed by atoms with van der Waals surface area (Å²) in [5.41, 5.74) is 0.121. The molecule has 0 unspecified atom stereocenters. The number of aromatic nitrogens is 2. The van der Waals surface area contributed by atoms with Crippen LogP contribution in [0.15, 0.2) is 47.7 Å². The average Bonchev–Trinajstić information content (AvgIpc) is 2.69. The molecule has 0 amide bonds. The van der Waals surface area contributed by atoms with Gasteiger partial charge in [0.15, 0.2) is 5.96 Å². The zero-order valence-corrected chi connectivity index (χ0v) is 14.9. The summed E-state index contributed by atoms with van der Waals surface area (Å²) in [5, 5.41) is 3.21. The third-order valence-corrected chi connectivity index (χ3v) is 4.36. The monoisotopic (exact) mass is 378 g/mol. The number of aliphatic imine (C=N–C) groups is 1. The van der Waals surface area contributed by atoms with E-state index in [1.165, 1.54) is 12.1 Å². The number of alkyl halides is 3. The molecule has 0 saturated carbocycles. The Kier molecular flexibility index (Phi) is 5.78. The highest BCUT2D eigenvalue weighted by molar-refractivity contribution is 5.80. The molecule has 0 spiro atoms. The lowest BCUT2D eigenvalue weighted by molar-refractivity contribution is -0.137. The van der Waals surface area contributed by atoms with E-state index in [-0.39, 0.29) is 0 Å². The molecular formula is C18H21F3N6. The molecule has 0 bridgehead atoms. The summed E-state index contributed by atoms with van der Waals surface area (Å²) in [5.74, 6) is 1.44. The molecule has 2 aromatic rings. The topological polar surface area (TPSA) is 56.7 Å². The van der Waals surface area contributed by atoms with Crippen LogP contribution in [0.25, 0.3) is 0 Å². The van der Waals surface area contributed by atoms with Crippen molar-refractivity contribution in [3.05, 3.63) is 53.9 Å². The van der Waals surface area contributed by atoms with Crippen LogP contribution in [0, 0.1) is 0 Å². The first-order valence-electron chi connectivity index (χ1n) is 8.61. The Morgan fingerprint density at radius 2 is 1.70 bits per heavy atom. The number of piperazine rings is 1. The van der Waals surface area contributed by atoms with Crippen molar-refractivity contribution in [3.8, 4) is 0 Å². The van der Waals surface area contributed by atoms with Crippen molar-refractivity contribution in [3.63, 3.8) is 0 Å². The predicted molar refractivity (Wildman–Crippen MR) is 97.5 cm³/mol. The maximum absolute atomic E-state index is 12.6. The molecule has 1 aliphatic rings. The Morgan fingerprint density at radius 3 is 2.26 bits per heavy atom. The SMILES string of the molecule is CN=C(NCc1ccc(C(F)(F)F)cc1)N1CCN(c2ncccn2)CC1. The molecule has 1 saturated heterocycles. The van der Waals surface area contributed by atoms with Gasteiger partial charge in [-0.15, -0.1) is 0 Å². The van der Waals surface area contributed by atoms with E-state index >= 15 is 0 Å². The van der Waals surface area contributed by atoms with Crippen LogP contribution in [0.2, 0.25) is 0 Å². The first-order valence-corrected chi connectivity index (χ1v) is 8.61. The Balaban J connectivity index is 1.53. The number of rotatable bonds is 3. The van der Waals surface area contributed by atoms with Crippen molar-refractivity contribution in [2.24, 2.45) is 4.99 Å². The highest BCUT2D eigenvalue weighted by atomic mass is 19.4. The van der Waals surface area contributed by atoms with Crippen molar-refractivity contribution < 1.29 is 13.2 Å². The quantitative estimate of drug-likeness (QED) is 0.657. The second kappa shape index (κ2) is 8.24. The van der Waals surface area contributed by atoms with Gasteiger partial charge in [0.05, 0.1) is 5.56 Å². The number of anilines is 1. The van der Waals surface area contributed by atoms with Gasteiger partial charge in [0.25, 0.3) is 0 Å². The molecule has 27 heavy (non-hydrogen) atoms. The molecule has 1 aromatic carbocycles. The zero-order valence-electron chi connectivity index (χ0n) is 14.9. The lowest BCUT2D eigenvalue weighted by atomic mass is 10.1. The summed E-state index contributed by atoms with van der Waals surface area (Å²) < 4.78 is 37.9. The summed E-state index contributed by atoms with van der Waals surface area (Å²) >= 11 is 0. The summed E-state index contributed by atoms with van der Waals surface area (Å²) in [6, 6.07) is 6.94. The van der Waals surface area contributed by atoms with Crippen molar-refractivity contribution in [2.45, 2.75) is 12.7 Å². The largest absolute Gasteiger partial charge is 0.416 e. The zero-order chi connectivity index (χ0) is 19.3. The van der Waals surface area contributed by atoms with Crippen LogP contribution in [-0.2, 0) is 12.7 Å². The van der Waals surface area contributed by atoms with Gasteiger partial charge in [0, 0.05) is 52.2 Å². The van der Waals surface area contributed by atoms with Crippen molar-refractivity contribution in [1.82, 2.24) is 20.2 Å². The van der Waals surface area contributed by atoms with Gasteiger partial charge in [-0.05, 0) is 23.8 Å². The van der Waals surface area contributed by atoms with E-state index in [0.717, 1.165) is 49.8 Å². The number of nitrogens with zero attached hydrogens (tertiary/aromatic N) is 5. The van der Waals surface area contributed by atoms with E-state index in [0.29, 0.717) is 12.5 Å². The molecular weight excluding hydrogens is 357 g/mol. The van der Waals surface area contributed by atoms with E-state index in [1.807, 2.05) is 0 Å². The van der Waals surface area contributed by atoms with Crippen molar-refractivity contribution in [2.75, 3.05) is 38.1 Å². The Bertz CT molecular complexity index is 753. The maximum Gasteiger partial charge on any atom is 0.416 e. The lowest BCUT2D eigenvalue weighted by Gasteiger charge is -2.36. The molecule has 0 aliphatic carbocycles. The van der Waals surface area contributed by atoms with Gasteiger partial charge in [0.2, 0.25) is 5.95 Å². The molecule has 9 heteroatoms. The van der Waals surface area contributed by atoms with E-state index < -0.39 is 11.7 Å². The number of hydrogen-bond donors (Lipinski definition) is 1. The minimum absolute atomic E-state index is 0.410. The minimum atomic E-state index is -4.32. The van der Waals surface area contributed by atoms with Crippen LogP contribution in [0.4, 0.5) is 19.1 Å². The van der Waals surface area contributed by atoms with Gasteiger partial charge in [-0.3, -0.25) is 4.99 Å². The van der Waals surface area contributed by atoms with Gasteiger partial charge in [-0.2, -0.15) is 13.2 Å². The normalized spacial score (nSPS) is 15.8. The summed E-state index contributed by atoms with van der Waals surface area (Å²) in [4.78, 5) is 17.0. The predicted octanol–water partition coefficient (Wildman–Crippen LogP) is 2.39. The van der Waals surface area contributed by atoms with E-state index in [2.05, 4.69) is 30.1 Å². The number of nitrogens with one attached hydrogen (secondary N) is 1. The van der Waals surface area contributed by atoms with Gasteiger partial charge in [-0.25, -0.2) is 9.97 Å². The second-order valence-electron chi connectivity index (χ2n) is 6.12. The maximum atomic E-state index is 12.6. The molecule has 1 fully saturated rings. The van der Waals surface area contributed by atoms with Gasteiger partial charge in [-0.1, -0.05) is 12.1 Å². The number of benzene rings is 1. The molecule has 0 atom stereocenters. The molecule has 2 heterocycles. The van der Waals surface area contributed by atoms with Crippen molar-refractivity contribution in [1.29, 1.82) is 0 Å². The first-order chi connectivity index (χ1) is 13.0. The molecule has 6 nitrogen and oxygen atoms in total. The van der Waals surface area contributed by atoms with Crippen LogP contribution < -0.4 is 10.2 Å². The first kappa shape index (κ1) is 18.9. The van der Waals surface area contributed by atoms with E-state index in [9.17, 15) is 13.2 Å². The van der Waals surface area contributed by atoms with Gasteiger partial charge in [0.1, 0.15) is 0 Å². The summed E-state index contributed by atoms with van der Waals surface area (Å²) in [7, 11) is 1.70. The third kappa shape index (κ3) is 4.87. The fourth-order valence-corrected chi connectivity index (χ4v) is 2.90. The molecule has 1 aromatic heterocycles. The molecule has 144 valence electrons. The number of hydrogen-bond acceptors (Lipinski definition) is 4. The average molecular weight is 378 g/mol. The van der Waals surface area contributed by atoms with E-state index in [1.54, 1.807) is 25.5 Å². The summed E-state index contributed by atoms with van der Waals surface area (Å²) in [6.45, 7) is 3.46. The van der Waals surface area contributed by atoms with Crippen LogP contribution >= 0.6 is 0 Å². The van der Waals surface area contributed by atoms with Crippen molar-refractivity contribution >= 4 is 11.9 Å². The molecule has 0 radical (unpaired) electrons. The number of guanidine groups is 1.